The molecule has 1 aliphatic carbocycles. The van der Waals surface area contributed by atoms with Gasteiger partial charge in [0.05, 0.1) is 0 Å². The average Bonchev–Trinajstić information content (AvgIpc) is 3.42. The predicted octanol–water partition coefficient (Wildman–Crippen LogP) is 2.21. The molecule has 1 aromatic rings. The van der Waals surface area contributed by atoms with Crippen LogP contribution < -0.4 is 10.6 Å². The summed E-state index contributed by atoms with van der Waals surface area (Å²) in [5.41, 5.74) is 1.02. The Balaban J connectivity index is 1.55. The van der Waals surface area contributed by atoms with Gasteiger partial charge in [-0.2, -0.15) is 0 Å². The molecule has 2 amide bonds. The molecule has 2 aliphatic rings. The van der Waals surface area contributed by atoms with E-state index in [4.69, 9.17) is 0 Å². The Morgan fingerprint density at radius 3 is 2.58 bits per heavy atom. The lowest BCUT2D eigenvalue weighted by atomic mass is 9.96. The Bertz CT molecular complexity index is 630. The van der Waals surface area contributed by atoms with Crippen LogP contribution in [0.1, 0.15) is 44.1 Å². The summed E-state index contributed by atoms with van der Waals surface area (Å²) in [6.45, 7) is 1.26. The summed E-state index contributed by atoms with van der Waals surface area (Å²) < 4.78 is 13.0. The molecule has 0 aromatic heterocycles. The van der Waals surface area contributed by atoms with E-state index < -0.39 is 0 Å². The van der Waals surface area contributed by atoms with Gasteiger partial charge in [-0.25, -0.2) is 4.39 Å². The molecule has 26 heavy (non-hydrogen) atoms. The Morgan fingerprint density at radius 1 is 1.15 bits per heavy atom. The van der Waals surface area contributed by atoms with E-state index in [1.807, 2.05) is 0 Å². The molecule has 6 heteroatoms. The molecule has 1 saturated heterocycles. The van der Waals surface area contributed by atoms with Crippen LogP contribution in [0.5, 0.6) is 0 Å². The summed E-state index contributed by atoms with van der Waals surface area (Å²) in [6, 6.07) is 6.94. The van der Waals surface area contributed by atoms with Gasteiger partial charge in [0.25, 0.3) is 0 Å². The SMILES string of the molecule is CN1C[C@H](NCc2ccc(F)cc2)CCC[C@@H](C(=O)NC2CC2)CC1=O. The normalized spacial score (nSPS) is 24.5. The second kappa shape index (κ2) is 8.62. The third-order valence-electron chi connectivity index (χ3n) is 5.25. The van der Waals surface area contributed by atoms with Crippen LogP contribution in [0.15, 0.2) is 24.3 Å². The first kappa shape index (κ1) is 18.8. The van der Waals surface area contributed by atoms with Crippen LogP contribution in [0.2, 0.25) is 0 Å². The second-order valence-electron chi connectivity index (χ2n) is 7.59. The smallest absolute Gasteiger partial charge is 0.223 e. The fraction of sp³-hybridized carbons (Fsp3) is 0.600. The maximum Gasteiger partial charge on any atom is 0.223 e. The topological polar surface area (TPSA) is 61.4 Å². The van der Waals surface area contributed by atoms with Crippen molar-refractivity contribution in [3.05, 3.63) is 35.6 Å². The Labute approximate surface area is 154 Å². The molecule has 0 radical (unpaired) electrons. The number of hydrogen-bond donors (Lipinski definition) is 2. The third-order valence-corrected chi connectivity index (χ3v) is 5.25. The summed E-state index contributed by atoms with van der Waals surface area (Å²) in [5.74, 6) is -0.401. The van der Waals surface area contributed by atoms with Crippen molar-refractivity contribution in [2.24, 2.45) is 5.92 Å². The lowest BCUT2D eigenvalue weighted by molar-refractivity contribution is -0.135. The van der Waals surface area contributed by atoms with E-state index in [1.165, 1.54) is 12.1 Å². The average molecular weight is 361 g/mol. The first-order valence-electron chi connectivity index (χ1n) is 9.53. The van der Waals surface area contributed by atoms with Gasteiger partial charge in [-0.05, 0) is 43.4 Å². The number of nitrogens with one attached hydrogen (secondary N) is 2. The van der Waals surface area contributed by atoms with Crippen molar-refractivity contribution in [3.63, 3.8) is 0 Å². The first-order valence-corrected chi connectivity index (χ1v) is 9.53. The summed E-state index contributed by atoms with van der Waals surface area (Å²) in [5, 5.41) is 6.51. The number of amides is 2. The molecule has 0 spiro atoms. The monoisotopic (exact) mass is 361 g/mol. The number of benzene rings is 1. The van der Waals surface area contributed by atoms with Gasteiger partial charge in [-0.3, -0.25) is 9.59 Å². The molecule has 0 unspecified atom stereocenters. The zero-order valence-corrected chi connectivity index (χ0v) is 15.3. The molecule has 1 aromatic carbocycles. The van der Waals surface area contributed by atoms with Crippen LogP contribution in [-0.4, -0.2) is 42.4 Å². The predicted molar refractivity (Wildman–Crippen MR) is 97.8 cm³/mol. The molecule has 2 fully saturated rings. The Morgan fingerprint density at radius 2 is 1.88 bits per heavy atom. The Kier molecular flexibility index (Phi) is 6.25. The number of likely N-dealkylation sites (N-methyl/N-ethyl adjacent to an activating group) is 1. The summed E-state index contributed by atoms with van der Waals surface area (Å²) in [4.78, 5) is 26.6. The minimum Gasteiger partial charge on any atom is -0.353 e. The zero-order valence-electron chi connectivity index (χ0n) is 15.3. The highest BCUT2D eigenvalue weighted by molar-refractivity contribution is 5.86. The van der Waals surface area contributed by atoms with Crippen molar-refractivity contribution >= 4 is 11.8 Å². The van der Waals surface area contributed by atoms with Gasteiger partial charge in [0.2, 0.25) is 11.8 Å². The minimum atomic E-state index is -0.239. The van der Waals surface area contributed by atoms with Gasteiger partial charge >= 0.3 is 0 Å². The molecule has 1 heterocycles. The molecular formula is C20H28FN3O2. The maximum atomic E-state index is 13.0. The molecule has 2 atom stereocenters. The van der Waals surface area contributed by atoms with E-state index in [2.05, 4.69) is 10.6 Å². The molecule has 2 N–H and O–H groups in total. The van der Waals surface area contributed by atoms with Crippen molar-refractivity contribution in [2.75, 3.05) is 13.6 Å². The number of carbonyl (C=O) groups is 2. The molecular weight excluding hydrogens is 333 g/mol. The zero-order chi connectivity index (χ0) is 18.5. The highest BCUT2D eigenvalue weighted by Crippen LogP contribution is 2.23. The van der Waals surface area contributed by atoms with Crippen LogP contribution in [0, 0.1) is 11.7 Å². The summed E-state index contributed by atoms with van der Waals surface area (Å²) in [7, 11) is 1.80. The fourth-order valence-corrected chi connectivity index (χ4v) is 3.40. The molecule has 142 valence electrons. The molecule has 3 rings (SSSR count). The van der Waals surface area contributed by atoms with Gasteiger partial charge in [-0.1, -0.05) is 18.6 Å². The number of nitrogens with zero attached hydrogens (tertiary/aromatic N) is 1. The van der Waals surface area contributed by atoms with E-state index in [0.717, 1.165) is 37.7 Å². The molecule has 1 aliphatic heterocycles. The highest BCUT2D eigenvalue weighted by Gasteiger charge is 2.30. The van der Waals surface area contributed by atoms with Crippen LogP contribution in [-0.2, 0) is 16.1 Å². The lowest BCUT2D eigenvalue weighted by Crippen LogP contribution is -2.42. The van der Waals surface area contributed by atoms with Gasteiger partial charge in [0.15, 0.2) is 0 Å². The van der Waals surface area contributed by atoms with Crippen molar-refractivity contribution < 1.29 is 14.0 Å². The van der Waals surface area contributed by atoms with E-state index in [0.29, 0.717) is 25.6 Å². The van der Waals surface area contributed by atoms with Gasteiger partial charge in [0.1, 0.15) is 5.82 Å². The van der Waals surface area contributed by atoms with Crippen LogP contribution in [0.3, 0.4) is 0 Å². The van der Waals surface area contributed by atoms with Gasteiger partial charge < -0.3 is 15.5 Å². The highest BCUT2D eigenvalue weighted by atomic mass is 19.1. The van der Waals surface area contributed by atoms with Crippen LogP contribution >= 0.6 is 0 Å². The summed E-state index contributed by atoms with van der Waals surface area (Å²) >= 11 is 0. The van der Waals surface area contributed by atoms with E-state index in [-0.39, 0.29) is 29.6 Å². The van der Waals surface area contributed by atoms with Gasteiger partial charge in [0, 0.05) is 44.6 Å². The lowest BCUT2D eigenvalue weighted by Gasteiger charge is -2.24. The van der Waals surface area contributed by atoms with Crippen molar-refractivity contribution in [1.29, 1.82) is 0 Å². The first-order chi connectivity index (χ1) is 12.5. The van der Waals surface area contributed by atoms with Crippen LogP contribution in [0.4, 0.5) is 4.39 Å². The molecule has 0 bridgehead atoms. The fourth-order valence-electron chi connectivity index (χ4n) is 3.40. The number of halogens is 1. The quantitative estimate of drug-likeness (QED) is 0.845. The Hall–Kier alpha value is -1.95. The molecule has 1 saturated carbocycles. The third kappa shape index (κ3) is 5.53. The largest absolute Gasteiger partial charge is 0.353 e. The second-order valence-corrected chi connectivity index (χ2v) is 7.59. The van der Waals surface area contributed by atoms with E-state index in [9.17, 15) is 14.0 Å². The van der Waals surface area contributed by atoms with Crippen molar-refractivity contribution in [1.82, 2.24) is 15.5 Å². The number of hydrogen-bond acceptors (Lipinski definition) is 3. The maximum absolute atomic E-state index is 13.0. The van der Waals surface area contributed by atoms with Crippen molar-refractivity contribution in [2.45, 2.75) is 57.2 Å². The molecule has 5 nitrogen and oxygen atoms in total. The standard InChI is InChI=1S/C20H28FN3O2/c1-24-13-18(22-12-14-5-7-16(21)8-6-14)4-2-3-15(11-19(24)25)20(26)23-17-9-10-17/h5-8,15,17-18,22H,2-4,9-13H2,1H3,(H,23,26)/t15-,18-/m1/s1. The minimum absolute atomic E-state index is 0.0245. The number of carbonyl (C=O) groups excluding carboxylic acids is 2. The van der Waals surface area contributed by atoms with E-state index >= 15 is 0 Å². The van der Waals surface area contributed by atoms with Crippen molar-refractivity contribution in [3.8, 4) is 0 Å². The van der Waals surface area contributed by atoms with Gasteiger partial charge in [-0.15, -0.1) is 0 Å². The summed E-state index contributed by atoms with van der Waals surface area (Å²) in [6.07, 6.45) is 4.97. The van der Waals surface area contributed by atoms with Crippen LogP contribution in [0.25, 0.3) is 0 Å². The number of rotatable bonds is 5. The van der Waals surface area contributed by atoms with E-state index in [1.54, 1.807) is 24.1 Å².